The molecule has 1 N–H and O–H groups in total. The number of thiophene rings is 1. The zero-order chi connectivity index (χ0) is 23.4. The molecule has 7 heteroatoms. The third-order valence-corrected chi connectivity index (χ3v) is 7.18. The zero-order valence-corrected chi connectivity index (χ0v) is 20.3. The van der Waals surface area contributed by atoms with E-state index in [1.54, 1.807) is 30.1 Å². The minimum absolute atomic E-state index is 0.137. The molecule has 0 unspecified atom stereocenters. The molecule has 6 nitrogen and oxygen atoms in total. The minimum Gasteiger partial charge on any atom is -0.361 e. The Labute approximate surface area is 199 Å². The molecule has 1 aliphatic rings. The number of nitrogens with zero attached hydrogens (tertiary/aromatic N) is 2. The standard InChI is InChI=1S/C26H31N3O3S/c1-17-11-13-20(14-12-17)24(25(30)27-21-8-5-4-6-9-21)29(16-22-10-7-15-33-22)26(31)23-18(2)28-32-19(23)3/h7,10-15,21,24H,4-6,8-9,16H2,1-3H3,(H,27,30)/t24-/m0/s1. The van der Waals surface area contributed by atoms with Crippen molar-refractivity contribution >= 4 is 23.2 Å². The van der Waals surface area contributed by atoms with Gasteiger partial charge in [0.1, 0.15) is 17.4 Å². The van der Waals surface area contributed by atoms with Crippen LogP contribution >= 0.6 is 11.3 Å². The van der Waals surface area contributed by atoms with Crippen LogP contribution in [0.25, 0.3) is 0 Å². The molecule has 1 atom stereocenters. The summed E-state index contributed by atoms with van der Waals surface area (Å²) in [6.07, 6.45) is 5.42. The van der Waals surface area contributed by atoms with Gasteiger partial charge in [0.15, 0.2) is 0 Å². The first-order chi connectivity index (χ1) is 15.9. The molecule has 1 saturated carbocycles. The van der Waals surface area contributed by atoms with E-state index in [2.05, 4.69) is 10.5 Å². The van der Waals surface area contributed by atoms with E-state index < -0.39 is 6.04 Å². The summed E-state index contributed by atoms with van der Waals surface area (Å²) in [7, 11) is 0. The van der Waals surface area contributed by atoms with Gasteiger partial charge in [0.2, 0.25) is 5.91 Å². The second-order valence-corrected chi connectivity index (χ2v) is 9.90. The molecule has 0 bridgehead atoms. The van der Waals surface area contributed by atoms with Crippen LogP contribution < -0.4 is 5.32 Å². The fraction of sp³-hybridized carbons (Fsp3) is 0.423. The maximum Gasteiger partial charge on any atom is 0.260 e. The van der Waals surface area contributed by atoms with Crippen molar-refractivity contribution < 1.29 is 14.1 Å². The lowest BCUT2D eigenvalue weighted by atomic mass is 9.94. The van der Waals surface area contributed by atoms with Crippen LogP contribution in [0, 0.1) is 20.8 Å². The monoisotopic (exact) mass is 465 g/mol. The number of aryl methyl sites for hydroxylation is 3. The third kappa shape index (κ3) is 5.36. The molecule has 2 heterocycles. The van der Waals surface area contributed by atoms with E-state index in [9.17, 15) is 9.59 Å². The summed E-state index contributed by atoms with van der Waals surface area (Å²) >= 11 is 1.57. The molecule has 174 valence electrons. The number of carbonyl (C=O) groups is 2. The van der Waals surface area contributed by atoms with E-state index in [4.69, 9.17) is 4.52 Å². The second kappa shape index (κ2) is 10.3. The highest BCUT2D eigenvalue weighted by atomic mass is 32.1. The summed E-state index contributed by atoms with van der Waals surface area (Å²) in [6.45, 7) is 5.84. The predicted octanol–water partition coefficient (Wildman–Crippen LogP) is 5.49. The van der Waals surface area contributed by atoms with Crippen molar-refractivity contribution in [2.45, 2.75) is 71.5 Å². The first kappa shape index (κ1) is 23.2. The maximum atomic E-state index is 13.9. The Balaban J connectivity index is 1.75. The highest BCUT2D eigenvalue weighted by Gasteiger charge is 2.35. The molecular weight excluding hydrogens is 434 g/mol. The van der Waals surface area contributed by atoms with Crippen LogP contribution in [0.3, 0.4) is 0 Å². The van der Waals surface area contributed by atoms with Crippen molar-refractivity contribution in [3.05, 3.63) is 74.8 Å². The fourth-order valence-electron chi connectivity index (χ4n) is 4.53. The Morgan fingerprint density at radius 1 is 1.12 bits per heavy atom. The van der Waals surface area contributed by atoms with Crippen molar-refractivity contribution in [2.75, 3.05) is 0 Å². The third-order valence-electron chi connectivity index (χ3n) is 6.32. The minimum atomic E-state index is -0.754. The Bertz CT molecular complexity index is 1060. The number of benzene rings is 1. The van der Waals surface area contributed by atoms with Gasteiger partial charge in [-0.15, -0.1) is 11.3 Å². The molecule has 2 aromatic heterocycles. The average molecular weight is 466 g/mol. The maximum absolute atomic E-state index is 13.9. The SMILES string of the molecule is Cc1ccc([C@@H](C(=O)NC2CCCCC2)N(Cc2cccs2)C(=O)c2c(C)noc2C)cc1. The number of rotatable bonds is 7. The van der Waals surface area contributed by atoms with E-state index in [-0.39, 0.29) is 17.9 Å². The Hall–Kier alpha value is -2.93. The van der Waals surface area contributed by atoms with Crippen molar-refractivity contribution in [1.29, 1.82) is 0 Å². The predicted molar refractivity (Wildman–Crippen MR) is 129 cm³/mol. The van der Waals surface area contributed by atoms with Gasteiger partial charge in [-0.3, -0.25) is 9.59 Å². The second-order valence-electron chi connectivity index (χ2n) is 8.87. The van der Waals surface area contributed by atoms with Gasteiger partial charge in [0.25, 0.3) is 5.91 Å². The van der Waals surface area contributed by atoms with Gasteiger partial charge in [-0.05, 0) is 50.6 Å². The van der Waals surface area contributed by atoms with E-state index >= 15 is 0 Å². The van der Waals surface area contributed by atoms with Gasteiger partial charge in [-0.1, -0.05) is 60.3 Å². The molecule has 0 aliphatic heterocycles. The van der Waals surface area contributed by atoms with Gasteiger partial charge >= 0.3 is 0 Å². The highest BCUT2D eigenvalue weighted by Crippen LogP contribution is 2.30. The van der Waals surface area contributed by atoms with E-state index in [1.807, 2.05) is 48.7 Å². The lowest BCUT2D eigenvalue weighted by Gasteiger charge is -2.33. The Kier molecular flexibility index (Phi) is 7.28. The van der Waals surface area contributed by atoms with Gasteiger partial charge in [-0.25, -0.2) is 0 Å². The summed E-state index contributed by atoms with van der Waals surface area (Å²) in [5, 5.41) is 9.21. The topological polar surface area (TPSA) is 75.4 Å². The van der Waals surface area contributed by atoms with E-state index in [1.165, 1.54) is 6.42 Å². The summed E-state index contributed by atoms with van der Waals surface area (Å²) in [4.78, 5) is 30.4. The molecular formula is C26H31N3O3S. The number of hydrogen-bond acceptors (Lipinski definition) is 5. The van der Waals surface area contributed by atoms with Gasteiger partial charge in [-0.2, -0.15) is 0 Å². The zero-order valence-electron chi connectivity index (χ0n) is 19.5. The normalized spacial score (nSPS) is 15.2. The van der Waals surface area contributed by atoms with Crippen LogP contribution in [0.4, 0.5) is 0 Å². The van der Waals surface area contributed by atoms with Crippen LogP contribution in [-0.2, 0) is 11.3 Å². The smallest absolute Gasteiger partial charge is 0.260 e. The summed E-state index contributed by atoms with van der Waals surface area (Å²) in [5.41, 5.74) is 2.86. The average Bonchev–Trinajstić information content (AvgIpc) is 3.44. The molecule has 1 aliphatic carbocycles. The number of hydrogen-bond donors (Lipinski definition) is 1. The molecule has 0 saturated heterocycles. The number of amides is 2. The largest absolute Gasteiger partial charge is 0.361 e. The van der Waals surface area contributed by atoms with Crippen LogP contribution in [0.1, 0.15) is 76.0 Å². The van der Waals surface area contributed by atoms with Gasteiger partial charge < -0.3 is 14.7 Å². The van der Waals surface area contributed by atoms with Gasteiger partial charge in [0, 0.05) is 10.9 Å². The molecule has 0 radical (unpaired) electrons. The Morgan fingerprint density at radius 2 is 1.85 bits per heavy atom. The molecule has 3 aromatic rings. The van der Waals surface area contributed by atoms with Crippen LogP contribution in [0.5, 0.6) is 0 Å². The van der Waals surface area contributed by atoms with Crippen molar-refractivity contribution in [1.82, 2.24) is 15.4 Å². The van der Waals surface area contributed by atoms with Crippen molar-refractivity contribution in [2.24, 2.45) is 0 Å². The molecule has 1 fully saturated rings. The van der Waals surface area contributed by atoms with Crippen molar-refractivity contribution in [3.63, 3.8) is 0 Å². The summed E-state index contributed by atoms with van der Waals surface area (Å²) in [6, 6.07) is 11.2. The fourth-order valence-corrected chi connectivity index (χ4v) is 5.23. The Morgan fingerprint density at radius 3 is 2.45 bits per heavy atom. The number of nitrogens with one attached hydrogen (secondary N) is 1. The number of carbonyl (C=O) groups excluding carboxylic acids is 2. The van der Waals surface area contributed by atoms with Crippen molar-refractivity contribution in [3.8, 4) is 0 Å². The summed E-state index contributed by atoms with van der Waals surface area (Å²) in [5.74, 6) is 0.0791. The van der Waals surface area contributed by atoms with Crippen LogP contribution in [-0.4, -0.2) is 27.9 Å². The number of aromatic nitrogens is 1. The molecule has 4 rings (SSSR count). The lowest BCUT2D eigenvalue weighted by molar-refractivity contribution is -0.127. The molecule has 1 aromatic carbocycles. The highest BCUT2D eigenvalue weighted by molar-refractivity contribution is 7.09. The van der Waals surface area contributed by atoms with Crippen LogP contribution in [0.15, 0.2) is 46.3 Å². The molecule has 2 amide bonds. The molecule has 0 spiro atoms. The van der Waals surface area contributed by atoms with E-state index in [0.29, 0.717) is 23.6 Å². The van der Waals surface area contributed by atoms with E-state index in [0.717, 1.165) is 41.7 Å². The first-order valence-electron chi connectivity index (χ1n) is 11.6. The van der Waals surface area contributed by atoms with Gasteiger partial charge in [0.05, 0.1) is 12.2 Å². The molecule has 33 heavy (non-hydrogen) atoms. The summed E-state index contributed by atoms with van der Waals surface area (Å²) < 4.78 is 5.29. The van der Waals surface area contributed by atoms with Crippen LogP contribution in [0.2, 0.25) is 0 Å². The first-order valence-corrected chi connectivity index (χ1v) is 12.4. The quantitative estimate of drug-likeness (QED) is 0.500. The lowest BCUT2D eigenvalue weighted by Crippen LogP contribution is -2.47.